The molecule has 0 saturated carbocycles. The number of ether oxygens (including phenoxy) is 1. The first kappa shape index (κ1) is 13.0. The van der Waals surface area contributed by atoms with Crippen LogP contribution in [-0.2, 0) is 0 Å². The van der Waals surface area contributed by atoms with E-state index in [1.165, 1.54) is 5.56 Å². The topological polar surface area (TPSA) is 35.2 Å². The molecule has 0 spiro atoms. The first-order chi connectivity index (χ1) is 8.56. The van der Waals surface area contributed by atoms with Crippen LogP contribution in [0.2, 0.25) is 0 Å². The minimum atomic E-state index is 0.480. The second-order valence-electron chi connectivity index (χ2n) is 4.51. The van der Waals surface area contributed by atoms with E-state index in [2.05, 4.69) is 35.8 Å². The normalized spacial score (nSPS) is 10.7. The minimum Gasteiger partial charge on any atom is -0.455 e. The molecule has 2 nitrogen and oxygen atoms in total. The van der Waals surface area contributed by atoms with Gasteiger partial charge in [-0.25, -0.2) is 0 Å². The van der Waals surface area contributed by atoms with Gasteiger partial charge in [0.05, 0.1) is 5.69 Å². The SMILES string of the molecule is CC(C)c1cccc(Oc2cc(Br)ccc2N)c1. The van der Waals surface area contributed by atoms with Crippen molar-refractivity contribution in [3.8, 4) is 11.5 Å². The number of nitrogens with two attached hydrogens (primary N) is 1. The molecule has 0 heterocycles. The van der Waals surface area contributed by atoms with E-state index in [0.29, 0.717) is 17.4 Å². The van der Waals surface area contributed by atoms with Crippen molar-refractivity contribution in [2.75, 3.05) is 5.73 Å². The largest absolute Gasteiger partial charge is 0.455 e. The van der Waals surface area contributed by atoms with Gasteiger partial charge in [-0.3, -0.25) is 0 Å². The molecule has 0 aromatic heterocycles. The molecule has 2 N–H and O–H groups in total. The Labute approximate surface area is 116 Å². The summed E-state index contributed by atoms with van der Waals surface area (Å²) in [5.41, 5.74) is 7.77. The number of benzene rings is 2. The zero-order chi connectivity index (χ0) is 13.1. The summed E-state index contributed by atoms with van der Waals surface area (Å²) in [5, 5.41) is 0. The highest BCUT2D eigenvalue weighted by Gasteiger charge is 2.05. The van der Waals surface area contributed by atoms with Gasteiger partial charge in [0.15, 0.2) is 5.75 Å². The third-order valence-electron chi connectivity index (χ3n) is 2.73. The van der Waals surface area contributed by atoms with Crippen molar-refractivity contribution in [3.63, 3.8) is 0 Å². The average Bonchev–Trinajstić information content (AvgIpc) is 2.34. The lowest BCUT2D eigenvalue weighted by Gasteiger charge is -2.11. The highest BCUT2D eigenvalue weighted by atomic mass is 79.9. The van der Waals surface area contributed by atoms with Gasteiger partial charge in [-0.15, -0.1) is 0 Å². The first-order valence-electron chi connectivity index (χ1n) is 5.89. The van der Waals surface area contributed by atoms with Crippen molar-refractivity contribution in [2.24, 2.45) is 0 Å². The first-order valence-corrected chi connectivity index (χ1v) is 6.68. The second-order valence-corrected chi connectivity index (χ2v) is 5.43. The predicted molar refractivity (Wildman–Crippen MR) is 79.2 cm³/mol. The molecule has 2 aromatic carbocycles. The second kappa shape index (κ2) is 5.44. The number of rotatable bonds is 3. The third kappa shape index (κ3) is 3.05. The van der Waals surface area contributed by atoms with Gasteiger partial charge in [0.2, 0.25) is 0 Å². The fourth-order valence-electron chi connectivity index (χ4n) is 1.66. The van der Waals surface area contributed by atoms with Gasteiger partial charge in [0.25, 0.3) is 0 Å². The fourth-order valence-corrected chi connectivity index (χ4v) is 2.00. The summed E-state index contributed by atoms with van der Waals surface area (Å²) in [5.74, 6) is 1.96. The van der Waals surface area contributed by atoms with Crippen molar-refractivity contribution in [3.05, 3.63) is 52.5 Å². The monoisotopic (exact) mass is 305 g/mol. The Balaban J connectivity index is 2.28. The highest BCUT2D eigenvalue weighted by molar-refractivity contribution is 9.10. The Hall–Kier alpha value is -1.48. The van der Waals surface area contributed by atoms with Crippen LogP contribution in [0.5, 0.6) is 11.5 Å². The lowest BCUT2D eigenvalue weighted by molar-refractivity contribution is 0.483. The molecule has 0 saturated heterocycles. The minimum absolute atomic E-state index is 0.480. The van der Waals surface area contributed by atoms with Gasteiger partial charge in [-0.05, 0) is 41.8 Å². The molecule has 0 fully saturated rings. The fraction of sp³-hybridized carbons (Fsp3) is 0.200. The molecule has 0 aliphatic heterocycles. The van der Waals surface area contributed by atoms with Crippen LogP contribution in [0.1, 0.15) is 25.3 Å². The Morgan fingerprint density at radius 2 is 1.89 bits per heavy atom. The van der Waals surface area contributed by atoms with E-state index in [1.54, 1.807) is 0 Å². The molecule has 0 aliphatic carbocycles. The molecular formula is C15H16BrNO. The molecule has 0 radical (unpaired) electrons. The molecule has 0 atom stereocenters. The number of hydrogen-bond acceptors (Lipinski definition) is 2. The van der Waals surface area contributed by atoms with Crippen LogP contribution in [0.4, 0.5) is 5.69 Å². The van der Waals surface area contributed by atoms with Crippen LogP contribution >= 0.6 is 15.9 Å². The van der Waals surface area contributed by atoms with Gasteiger partial charge < -0.3 is 10.5 Å². The zero-order valence-corrected chi connectivity index (χ0v) is 12.1. The molecule has 18 heavy (non-hydrogen) atoms. The van der Waals surface area contributed by atoms with Crippen molar-refractivity contribution in [1.82, 2.24) is 0 Å². The maximum Gasteiger partial charge on any atom is 0.151 e. The van der Waals surface area contributed by atoms with Crippen molar-refractivity contribution in [1.29, 1.82) is 0 Å². The molecule has 3 heteroatoms. The van der Waals surface area contributed by atoms with Crippen LogP contribution < -0.4 is 10.5 Å². The van der Waals surface area contributed by atoms with Crippen LogP contribution in [0.15, 0.2) is 46.9 Å². The maximum atomic E-state index is 5.89. The van der Waals surface area contributed by atoms with E-state index in [0.717, 1.165) is 10.2 Å². The van der Waals surface area contributed by atoms with E-state index in [-0.39, 0.29) is 0 Å². The maximum absolute atomic E-state index is 5.89. The zero-order valence-electron chi connectivity index (χ0n) is 10.5. The van der Waals surface area contributed by atoms with Gasteiger partial charge >= 0.3 is 0 Å². The average molecular weight is 306 g/mol. The molecule has 0 bridgehead atoms. The Kier molecular flexibility index (Phi) is 3.92. The predicted octanol–water partition coefficient (Wildman–Crippen LogP) is 4.95. The number of halogens is 1. The van der Waals surface area contributed by atoms with E-state index in [4.69, 9.17) is 10.5 Å². The van der Waals surface area contributed by atoms with Crippen molar-refractivity contribution < 1.29 is 4.74 Å². The van der Waals surface area contributed by atoms with Crippen LogP contribution in [0, 0.1) is 0 Å². The van der Waals surface area contributed by atoms with Gasteiger partial charge in [-0.2, -0.15) is 0 Å². The summed E-state index contributed by atoms with van der Waals surface area (Å²) in [6.45, 7) is 4.32. The van der Waals surface area contributed by atoms with Crippen molar-refractivity contribution in [2.45, 2.75) is 19.8 Å². The number of hydrogen-bond donors (Lipinski definition) is 1. The molecule has 0 amide bonds. The molecule has 94 valence electrons. The number of anilines is 1. The lowest BCUT2D eigenvalue weighted by atomic mass is 10.0. The van der Waals surface area contributed by atoms with E-state index < -0.39 is 0 Å². The summed E-state index contributed by atoms with van der Waals surface area (Å²) >= 11 is 3.41. The lowest BCUT2D eigenvalue weighted by Crippen LogP contribution is -1.93. The molecule has 0 aliphatic rings. The molecule has 0 unspecified atom stereocenters. The molecule has 2 rings (SSSR count). The van der Waals surface area contributed by atoms with E-state index >= 15 is 0 Å². The summed E-state index contributed by atoms with van der Waals surface area (Å²) in [6.07, 6.45) is 0. The molecular weight excluding hydrogens is 290 g/mol. The van der Waals surface area contributed by atoms with Crippen LogP contribution in [-0.4, -0.2) is 0 Å². The highest BCUT2D eigenvalue weighted by Crippen LogP contribution is 2.31. The standard InChI is InChI=1S/C15H16BrNO/c1-10(2)11-4-3-5-13(8-11)18-15-9-12(16)6-7-14(15)17/h3-10H,17H2,1-2H3. The van der Waals surface area contributed by atoms with Gasteiger partial charge in [0.1, 0.15) is 5.75 Å². The van der Waals surface area contributed by atoms with Crippen LogP contribution in [0.25, 0.3) is 0 Å². The van der Waals surface area contributed by atoms with Gasteiger partial charge in [0, 0.05) is 4.47 Å². The summed E-state index contributed by atoms with van der Waals surface area (Å²) in [6, 6.07) is 13.7. The summed E-state index contributed by atoms with van der Waals surface area (Å²) in [7, 11) is 0. The smallest absolute Gasteiger partial charge is 0.151 e. The van der Waals surface area contributed by atoms with Gasteiger partial charge in [-0.1, -0.05) is 41.9 Å². The van der Waals surface area contributed by atoms with E-state index in [9.17, 15) is 0 Å². The van der Waals surface area contributed by atoms with Crippen LogP contribution in [0.3, 0.4) is 0 Å². The quantitative estimate of drug-likeness (QED) is 0.815. The third-order valence-corrected chi connectivity index (χ3v) is 3.22. The van der Waals surface area contributed by atoms with E-state index in [1.807, 2.05) is 36.4 Å². The summed E-state index contributed by atoms with van der Waals surface area (Å²) < 4.78 is 6.78. The Morgan fingerprint density at radius 3 is 2.61 bits per heavy atom. The van der Waals surface area contributed by atoms with Crippen molar-refractivity contribution >= 4 is 21.6 Å². The Morgan fingerprint density at radius 1 is 1.11 bits per heavy atom. The molecule has 2 aromatic rings. The Bertz CT molecular complexity index is 552. The summed E-state index contributed by atoms with van der Waals surface area (Å²) in [4.78, 5) is 0. The number of nitrogen functional groups attached to an aromatic ring is 1.